The number of nitrogen functional groups attached to an aromatic ring is 1. The van der Waals surface area contributed by atoms with Gasteiger partial charge in [-0.3, -0.25) is 9.79 Å². The molecule has 0 spiro atoms. The van der Waals surface area contributed by atoms with Crippen molar-refractivity contribution in [3.63, 3.8) is 0 Å². The first kappa shape index (κ1) is 33.0. The van der Waals surface area contributed by atoms with E-state index in [9.17, 15) is 10.1 Å². The second kappa shape index (κ2) is 13.3. The number of thiophene rings is 1. The maximum Gasteiger partial charge on any atom is 0.247 e. The van der Waals surface area contributed by atoms with Crippen molar-refractivity contribution >= 4 is 38.2 Å². The van der Waals surface area contributed by atoms with Crippen LogP contribution in [0.5, 0.6) is 0 Å². The number of nitriles is 1. The van der Waals surface area contributed by atoms with E-state index >= 15 is 4.39 Å². The minimum atomic E-state index is -0.485. The third-order valence-electron chi connectivity index (χ3n) is 10.3. The van der Waals surface area contributed by atoms with Gasteiger partial charge in [-0.25, -0.2) is 4.39 Å². The second-order valence-electron chi connectivity index (χ2n) is 13.3. The SMILES string of the molecule is CC/C=C(/NC(=NC1CCCN(C)C1=O)c1c(C)c(CC)c(-c2ccc(F)c3sc(N)c(C#N)c23)c2c1COC2)N1CC(C)C(C)C1. The van der Waals surface area contributed by atoms with Crippen LogP contribution >= 0.6 is 11.3 Å². The van der Waals surface area contributed by atoms with E-state index in [4.69, 9.17) is 15.5 Å². The summed E-state index contributed by atoms with van der Waals surface area (Å²) in [4.78, 5) is 22.9. The minimum Gasteiger partial charge on any atom is -0.389 e. The Balaban J connectivity index is 1.59. The van der Waals surface area contributed by atoms with E-state index in [1.165, 1.54) is 6.07 Å². The molecule has 10 heteroatoms. The molecule has 0 bridgehead atoms. The molecule has 0 radical (unpaired) electrons. The maximum absolute atomic E-state index is 15.1. The first-order valence-corrected chi connectivity index (χ1v) is 17.6. The van der Waals surface area contributed by atoms with E-state index in [1.54, 1.807) is 11.0 Å². The summed E-state index contributed by atoms with van der Waals surface area (Å²) >= 11 is 1.11. The number of likely N-dealkylation sites (N-methyl/N-ethyl adjacent to an activating group) is 1. The van der Waals surface area contributed by atoms with Gasteiger partial charge < -0.3 is 25.6 Å². The Morgan fingerprint density at radius 2 is 1.96 bits per heavy atom. The molecule has 8 nitrogen and oxygen atoms in total. The Kier molecular flexibility index (Phi) is 9.32. The van der Waals surface area contributed by atoms with Gasteiger partial charge in [-0.1, -0.05) is 33.8 Å². The van der Waals surface area contributed by atoms with Crippen LogP contribution in [0.2, 0.25) is 0 Å². The van der Waals surface area contributed by atoms with Crippen LogP contribution < -0.4 is 11.1 Å². The number of nitrogens with one attached hydrogen (secondary N) is 1. The number of anilines is 1. The van der Waals surface area contributed by atoms with Crippen molar-refractivity contribution in [2.75, 3.05) is 32.4 Å². The number of likely N-dealkylation sites (tertiary alicyclic amines) is 2. The Bertz CT molecular complexity index is 1820. The Morgan fingerprint density at radius 1 is 1.23 bits per heavy atom. The molecule has 3 atom stereocenters. The molecule has 3 aliphatic heterocycles. The highest BCUT2D eigenvalue weighted by Crippen LogP contribution is 2.46. The normalized spacial score (nSPS) is 21.9. The van der Waals surface area contributed by atoms with Crippen LogP contribution in [-0.4, -0.2) is 54.3 Å². The van der Waals surface area contributed by atoms with E-state index in [0.29, 0.717) is 64.4 Å². The van der Waals surface area contributed by atoms with Gasteiger partial charge in [-0.2, -0.15) is 5.26 Å². The van der Waals surface area contributed by atoms with Gasteiger partial charge in [0.05, 0.1) is 23.5 Å². The molecule has 3 unspecified atom stereocenters. The lowest BCUT2D eigenvalue weighted by molar-refractivity contribution is -0.133. The first-order chi connectivity index (χ1) is 22.6. The van der Waals surface area contributed by atoms with Crippen LogP contribution in [0, 0.1) is 35.9 Å². The highest BCUT2D eigenvalue weighted by molar-refractivity contribution is 7.23. The maximum atomic E-state index is 15.1. The fraction of sp³-hybridized carbons (Fsp3) is 0.486. The quantitative estimate of drug-likeness (QED) is 0.213. The van der Waals surface area contributed by atoms with Gasteiger partial charge in [0.15, 0.2) is 0 Å². The Morgan fingerprint density at radius 3 is 2.64 bits per heavy atom. The number of nitrogens with zero attached hydrogens (tertiary/aromatic N) is 4. The van der Waals surface area contributed by atoms with Gasteiger partial charge in [-0.15, -0.1) is 11.3 Å². The molecule has 3 aliphatic rings. The van der Waals surface area contributed by atoms with Crippen LogP contribution in [0.4, 0.5) is 9.39 Å². The lowest BCUT2D eigenvalue weighted by atomic mass is 9.82. The fourth-order valence-corrected chi connectivity index (χ4v) is 8.51. The monoisotopic (exact) mass is 656 g/mol. The Hall–Kier alpha value is -3.94. The predicted octanol–water partition coefficient (Wildman–Crippen LogP) is 6.86. The molecule has 1 aromatic heterocycles. The van der Waals surface area contributed by atoms with Crippen molar-refractivity contribution in [2.24, 2.45) is 16.8 Å². The third kappa shape index (κ3) is 5.78. The Labute approximate surface area is 281 Å². The summed E-state index contributed by atoms with van der Waals surface area (Å²) in [5, 5.41) is 14.7. The summed E-state index contributed by atoms with van der Waals surface area (Å²) in [6, 6.07) is 5.00. The van der Waals surface area contributed by atoms with Gasteiger partial charge in [-0.05, 0) is 90.0 Å². The molecular weight excluding hydrogens is 612 g/mol. The second-order valence-corrected chi connectivity index (χ2v) is 14.3. The van der Waals surface area contributed by atoms with Crippen LogP contribution in [0.25, 0.3) is 21.2 Å². The number of fused-ring (bicyclic) bond motifs is 2. The van der Waals surface area contributed by atoms with Crippen molar-refractivity contribution in [1.82, 2.24) is 15.1 Å². The summed E-state index contributed by atoms with van der Waals surface area (Å²) in [5.41, 5.74) is 13.4. The number of hydrogen-bond donors (Lipinski definition) is 2. The summed E-state index contributed by atoms with van der Waals surface area (Å²) in [5.74, 6) is 2.48. The number of nitrogens with two attached hydrogens (primary N) is 1. The number of amides is 1. The highest BCUT2D eigenvalue weighted by atomic mass is 32.1. The molecule has 1 amide bonds. The van der Waals surface area contributed by atoms with Gasteiger partial charge in [0.25, 0.3) is 0 Å². The number of carbonyl (C=O) groups excluding carboxylic acids is 1. The molecule has 2 saturated heterocycles. The average molecular weight is 657 g/mol. The van der Waals surface area contributed by atoms with E-state index < -0.39 is 6.04 Å². The largest absolute Gasteiger partial charge is 0.389 e. The smallest absolute Gasteiger partial charge is 0.247 e. The van der Waals surface area contributed by atoms with Gasteiger partial charge >= 0.3 is 0 Å². The molecule has 3 N–H and O–H groups in total. The number of benzene rings is 2. The van der Waals surface area contributed by atoms with E-state index in [0.717, 1.165) is 88.6 Å². The molecule has 2 fully saturated rings. The topological polar surface area (TPSA) is 107 Å². The van der Waals surface area contributed by atoms with E-state index in [-0.39, 0.29) is 11.7 Å². The van der Waals surface area contributed by atoms with E-state index in [2.05, 4.69) is 57.0 Å². The molecule has 3 aromatic rings. The van der Waals surface area contributed by atoms with Crippen molar-refractivity contribution < 1.29 is 13.9 Å². The van der Waals surface area contributed by atoms with Crippen molar-refractivity contribution in [1.29, 1.82) is 5.26 Å². The zero-order valence-electron chi connectivity index (χ0n) is 28.3. The predicted molar refractivity (Wildman–Crippen MR) is 188 cm³/mol. The lowest BCUT2D eigenvalue weighted by Crippen LogP contribution is -2.43. The summed E-state index contributed by atoms with van der Waals surface area (Å²) < 4.78 is 21.7. The molecule has 2 aromatic carbocycles. The molecule has 6 rings (SSSR count). The number of aliphatic imine (C=N–C) groups is 1. The third-order valence-corrected chi connectivity index (χ3v) is 11.3. The standard InChI is InChI=1S/C37H45FN6O2S/c1-7-10-30(44-16-20(3)21(4)17-44)42-36(41-29-11-9-14-43(6)37(29)45)31-22(5)23(8-2)32(27-19-46-18-26(27)31)24-12-13-28(38)34-33(24)25(15-39)35(40)47-34/h10,12-13,20-21,29H,7-9,11,14,16-19,40H2,1-6H3,(H,41,42)/b30-10-. The van der Waals surface area contributed by atoms with Crippen LogP contribution in [0.1, 0.15) is 80.3 Å². The van der Waals surface area contributed by atoms with Crippen molar-refractivity contribution in [2.45, 2.75) is 79.6 Å². The van der Waals surface area contributed by atoms with Crippen molar-refractivity contribution in [3.8, 4) is 17.2 Å². The summed E-state index contributed by atoms with van der Waals surface area (Å²) in [6.07, 6.45) is 5.35. The molecule has 0 saturated carbocycles. The number of carbonyl (C=O) groups is 1. The van der Waals surface area contributed by atoms with Crippen LogP contribution in [-0.2, 0) is 29.2 Å². The number of rotatable bonds is 7. The minimum absolute atomic E-state index is 0.0330. The zero-order chi connectivity index (χ0) is 33.6. The van der Waals surface area contributed by atoms with Gasteiger partial charge in [0, 0.05) is 37.6 Å². The number of hydrogen-bond acceptors (Lipinski definition) is 7. The molecule has 248 valence electrons. The lowest BCUT2D eigenvalue weighted by Gasteiger charge is -2.30. The van der Waals surface area contributed by atoms with E-state index in [1.807, 2.05) is 7.05 Å². The summed E-state index contributed by atoms with van der Waals surface area (Å²) in [6.45, 7) is 14.3. The zero-order valence-corrected chi connectivity index (χ0v) is 29.1. The number of piperidine rings is 1. The molecule has 4 heterocycles. The highest BCUT2D eigenvalue weighted by Gasteiger charge is 2.34. The van der Waals surface area contributed by atoms with Crippen LogP contribution in [0.15, 0.2) is 29.0 Å². The summed E-state index contributed by atoms with van der Waals surface area (Å²) in [7, 11) is 1.85. The number of ether oxygens (including phenoxy) is 1. The molecular formula is C37H45FN6O2S. The average Bonchev–Trinajstić information content (AvgIpc) is 3.75. The van der Waals surface area contributed by atoms with Gasteiger partial charge in [0.1, 0.15) is 34.6 Å². The number of amidine groups is 1. The molecule has 47 heavy (non-hydrogen) atoms. The molecule has 0 aliphatic carbocycles. The number of halogens is 1. The fourth-order valence-electron chi connectivity index (χ4n) is 7.56. The van der Waals surface area contributed by atoms with Gasteiger partial charge in [0.2, 0.25) is 5.91 Å². The van der Waals surface area contributed by atoms with Crippen molar-refractivity contribution in [3.05, 3.63) is 63.2 Å². The number of allylic oxidation sites excluding steroid dienone is 1. The van der Waals surface area contributed by atoms with Crippen LogP contribution in [0.3, 0.4) is 0 Å². The first-order valence-electron chi connectivity index (χ1n) is 16.8.